The van der Waals surface area contributed by atoms with Crippen molar-refractivity contribution in [2.24, 2.45) is 0 Å². The van der Waals surface area contributed by atoms with Crippen molar-refractivity contribution in [1.82, 2.24) is 24.7 Å². The maximum Gasteiger partial charge on any atom is 0.143 e. The van der Waals surface area contributed by atoms with Crippen molar-refractivity contribution < 1.29 is 4.74 Å². The van der Waals surface area contributed by atoms with Gasteiger partial charge < -0.3 is 9.72 Å². The molecule has 4 rings (SSSR count). The molecule has 0 aliphatic carbocycles. The van der Waals surface area contributed by atoms with Gasteiger partial charge in [-0.15, -0.1) is 10.2 Å². The number of halogens is 1. The van der Waals surface area contributed by atoms with Crippen LogP contribution in [-0.4, -0.2) is 31.8 Å². The molecular weight excluding hydrogens is 314 g/mol. The predicted octanol–water partition coefficient (Wildman–Crippen LogP) is 3.58. The molecule has 0 bridgehead atoms. The Kier molecular flexibility index (Phi) is 3.02. The largest absolute Gasteiger partial charge is 0.495 e. The fourth-order valence-corrected chi connectivity index (χ4v) is 3.24. The van der Waals surface area contributed by atoms with E-state index < -0.39 is 0 Å². The van der Waals surface area contributed by atoms with Crippen molar-refractivity contribution in [3.8, 4) is 11.4 Å². The number of methoxy groups -OCH3 is 1. The fourth-order valence-electron chi connectivity index (χ4n) is 2.98. The number of aromatic amines is 1. The van der Waals surface area contributed by atoms with Crippen LogP contribution < -0.4 is 4.74 Å². The number of nitrogens with one attached hydrogen (secondary N) is 1. The molecule has 0 aliphatic rings. The summed E-state index contributed by atoms with van der Waals surface area (Å²) in [7, 11) is 1.65. The van der Waals surface area contributed by atoms with Crippen molar-refractivity contribution in [3.63, 3.8) is 0 Å². The van der Waals surface area contributed by atoms with E-state index in [0.29, 0.717) is 5.15 Å². The molecular formula is C16H14ClN5O. The molecule has 0 saturated carbocycles. The van der Waals surface area contributed by atoms with Gasteiger partial charge in [-0.3, -0.25) is 4.57 Å². The fraction of sp³-hybridized carbons (Fsp3) is 0.188. The van der Waals surface area contributed by atoms with Crippen LogP contribution in [0, 0.1) is 13.8 Å². The van der Waals surface area contributed by atoms with E-state index in [9.17, 15) is 0 Å². The standard InChI is InChI=1S/C16H14ClN5O/c1-8-20-21-9(2)22(8)13-7-12-10(6-14(13)23-3)15-11(19-12)4-5-18-16(15)17/h4-7,19H,1-3H3. The first-order chi connectivity index (χ1) is 11.1. The Balaban J connectivity index is 2.11. The monoisotopic (exact) mass is 327 g/mol. The number of aromatic nitrogens is 5. The predicted molar refractivity (Wildman–Crippen MR) is 89.6 cm³/mol. The lowest BCUT2D eigenvalue weighted by atomic mass is 10.1. The Hall–Kier alpha value is -2.60. The van der Waals surface area contributed by atoms with Crippen LogP contribution in [0.4, 0.5) is 0 Å². The number of H-pyrrole nitrogens is 1. The number of ether oxygens (including phenoxy) is 1. The average molecular weight is 328 g/mol. The first-order valence-corrected chi connectivity index (χ1v) is 7.51. The molecule has 116 valence electrons. The molecule has 4 aromatic rings. The maximum absolute atomic E-state index is 6.27. The van der Waals surface area contributed by atoms with Crippen molar-refractivity contribution in [2.45, 2.75) is 13.8 Å². The first-order valence-electron chi connectivity index (χ1n) is 7.13. The van der Waals surface area contributed by atoms with Gasteiger partial charge in [0.15, 0.2) is 0 Å². The van der Waals surface area contributed by atoms with E-state index in [-0.39, 0.29) is 0 Å². The van der Waals surface area contributed by atoms with Crippen molar-refractivity contribution in [1.29, 1.82) is 0 Å². The lowest BCUT2D eigenvalue weighted by molar-refractivity contribution is 0.413. The summed E-state index contributed by atoms with van der Waals surface area (Å²) in [5.41, 5.74) is 2.78. The number of fused-ring (bicyclic) bond motifs is 3. The van der Waals surface area contributed by atoms with E-state index in [0.717, 1.165) is 44.9 Å². The molecule has 1 N–H and O–H groups in total. The molecule has 7 heteroatoms. The van der Waals surface area contributed by atoms with E-state index >= 15 is 0 Å². The average Bonchev–Trinajstić information content (AvgIpc) is 3.06. The minimum absolute atomic E-state index is 0.472. The van der Waals surface area contributed by atoms with Crippen LogP contribution >= 0.6 is 11.6 Å². The molecule has 0 saturated heterocycles. The van der Waals surface area contributed by atoms with Gasteiger partial charge in [0, 0.05) is 22.5 Å². The van der Waals surface area contributed by atoms with E-state index in [1.165, 1.54) is 0 Å². The molecule has 0 amide bonds. The van der Waals surface area contributed by atoms with Gasteiger partial charge in [0.1, 0.15) is 22.6 Å². The zero-order valence-corrected chi connectivity index (χ0v) is 13.6. The van der Waals surface area contributed by atoms with E-state index in [1.54, 1.807) is 13.3 Å². The molecule has 23 heavy (non-hydrogen) atoms. The molecule has 0 radical (unpaired) electrons. The summed E-state index contributed by atoms with van der Waals surface area (Å²) in [5.74, 6) is 2.33. The number of benzene rings is 1. The summed E-state index contributed by atoms with van der Waals surface area (Å²) in [6.07, 6.45) is 1.69. The Morgan fingerprint density at radius 1 is 1.13 bits per heavy atom. The zero-order chi connectivity index (χ0) is 16.1. The zero-order valence-electron chi connectivity index (χ0n) is 12.9. The van der Waals surface area contributed by atoms with E-state index in [2.05, 4.69) is 20.2 Å². The Morgan fingerprint density at radius 3 is 2.57 bits per heavy atom. The van der Waals surface area contributed by atoms with Crippen LogP contribution in [0.1, 0.15) is 11.6 Å². The van der Waals surface area contributed by atoms with Gasteiger partial charge >= 0.3 is 0 Å². The van der Waals surface area contributed by atoms with Gasteiger partial charge in [0.05, 0.1) is 18.3 Å². The molecule has 3 aromatic heterocycles. The first kappa shape index (κ1) is 14.0. The SMILES string of the molecule is COc1cc2c(cc1-n1c(C)nnc1C)[nH]c1ccnc(Cl)c12. The molecule has 1 aromatic carbocycles. The van der Waals surface area contributed by atoms with Gasteiger partial charge in [-0.05, 0) is 32.0 Å². The smallest absolute Gasteiger partial charge is 0.143 e. The van der Waals surface area contributed by atoms with E-state index in [4.69, 9.17) is 16.3 Å². The second-order valence-corrected chi connectivity index (χ2v) is 5.71. The summed E-state index contributed by atoms with van der Waals surface area (Å²) in [4.78, 5) is 7.54. The molecule has 6 nitrogen and oxygen atoms in total. The van der Waals surface area contributed by atoms with Crippen LogP contribution in [0.2, 0.25) is 5.15 Å². The summed E-state index contributed by atoms with van der Waals surface area (Å²) in [6.45, 7) is 3.82. The lowest BCUT2D eigenvalue weighted by Gasteiger charge is -2.12. The Bertz CT molecular complexity index is 1030. The van der Waals surface area contributed by atoms with Crippen LogP contribution in [0.25, 0.3) is 27.5 Å². The number of aryl methyl sites for hydroxylation is 2. The normalized spacial score (nSPS) is 11.5. The highest BCUT2D eigenvalue weighted by Crippen LogP contribution is 2.36. The van der Waals surface area contributed by atoms with Crippen LogP contribution in [0.15, 0.2) is 24.4 Å². The minimum atomic E-state index is 0.472. The number of rotatable bonds is 2. The molecule has 0 aliphatic heterocycles. The lowest BCUT2D eigenvalue weighted by Crippen LogP contribution is -2.02. The third-order valence-corrected chi connectivity index (χ3v) is 4.28. The third kappa shape index (κ3) is 1.98. The summed E-state index contributed by atoms with van der Waals surface area (Å²) < 4.78 is 7.55. The van der Waals surface area contributed by atoms with Crippen LogP contribution in [0.5, 0.6) is 5.75 Å². The highest BCUT2D eigenvalue weighted by Gasteiger charge is 2.16. The number of hydrogen-bond donors (Lipinski definition) is 1. The van der Waals surface area contributed by atoms with Crippen LogP contribution in [-0.2, 0) is 0 Å². The molecule has 0 unspecified atom stereocenters. The van der Waals surface area contributed by atoms with Gasteiger partial charge in [0.25, 0.3) is 0 Å². The molecule has 0 spiro atoms. The van der Waals surface area contributed by atoms with Crippen molar-refractivity contribution in [3.05, 3.63) is 41.2 Å². The van der Waals surface area contributed by atoms with Gasteiger partial charge in [-0.2, -0.15) is 0 Å². The van der Waals surface area contributed by atoms with Gasteiger partial charge in [-0.1, -0.05) is 11.6 Å². The third-order valence-electron chi connectivity index (χ3n) is 3.99. The minimum Gasteiger partial charge on any atom is -0.495 e. The maximum atomic E-state index is 6.27. The molecule has 0 atom stereocenters. The second kappa shape index (κ2) is 4.96. The summed E-state index contributed by atoms with van der Waals surface area (Å²) in [6, 6.07) is 5.90. The highest BCUT2D eigenvalue weighted by atomic mass is 35.5. The van der Waals surface area contributed by atoms with Crippen molar-refractivity contribution in [2.75, 3.05) is 7.11 Å². The van der Waals surface area contributed by atoms with Crippen LogP contribution in [0.3, 0.4) is 0 Å². The Labute approximate surface area is 137 Å². The second-order valence-electron chi connectivity index (χ2n) is 5.35. The van der Waals surface area contributed by atoms with Gasteiger partial charge in [-0.25, -0.2) is 4.98 Å². The van der Waals surface area contributed by atoms with E-state index in [1.807, 2.05) is 36.6 Å². The number of nitrogens with zero attached hydrogens (tertiary/aromatic N) is 4. The summed E-state index contributed by atoms with van der Waals surface area (Å²) >= 11 is 6.27. The Morgan fingerprint density at radius 2 is 1.87 bits per heavy atom. The number of pyridine rings is 1. The molecule has 3 heterocycles. The van der Waals surface area contributed by atoms with Crippen molar-refractivity contribution >= 4 is 33.4 Å². The topological polar surface area (TPSA) is 68.6 Å². The highest BCUT2D eigenvalue weighted by molar-refractivity contribution is 6.36. The number of hydrogen-bond acceptors (Lipinski definition) is 4. The molecule has 0 fully saturated rings. The quantitative estimate of drug-likeness (QED) is 0.571. The summed E-state index contributed by atoms with van der Waals surface area (Å²) in [5, 5.41) is 10.6. The van der Waals surface area contributed by atoms with Gasteiger partial charge in [0.2, 0.25) is 0 Å².